The lowest BCUT2D eigenvalue weighted by molar-refractivity contribution is -0.115. The third-order valence-corrected chi connectivity index (χ3v) is 4.46. The van der Waals surface area contributed by atoms with E-state index in [4.69, 9.17) is 0 Å². The molecule has 0 unspecified atom stereocenters. The number of rotatable bonds is 6. The summed E-state index contributed by atoms with van der Waals surface area (Å²) >= 11 is 0. The first-order valence-corrected chi connectivity index (χ1v) is 9.25. The summed E-state index contributed by atoms with van der Waals surface area (Å²) in [5.74, 6) is 0.179. The van der Waals surface area contributed by atoms with Crippen molar-refractivity contribution in [3.05, 3.63) is 58.7 Å². The Hall–Kier alpha value is -2.86. The van der Waals surface area contributed by atoms with E-state index in [1.807, 2.05) is 64.1 Å². The maximum absolute atomic E-state index is 12.2. The smallest absolute Gasteiger partial charge is 0.246 e. The number of para-hydroxylation sites is 2. The van der Waals surface area contributed by atoms with Gasteiger partial charge in [-0.25, -0.2) is 0 Å². The Balaban J connectivity index is 0.00000420. The van der Waals surface area contributed by atoms with E-state index >= 15 is 0 Å². The Morgan fingerprint density at radius 1 is 0.793 bits per heavy atom. The third-order valence-electron chi connectivity index (χ3n) is 4.46. The van der Waals surface area contributed by atoms with Crippen molar-refractivity contribution in [3.63, 3.8) is 0 Å². The number of anilines is 2. The first kappa shape index (κ1) is 24.2. The van der Waals surface area contributed by atoms with Crippen LogP contribution in [0.1, 0.15) is 29.2 Å². The normalized spacial score (nSPS) is 10.7. The summed E-state index contributed by atoms with van der Waals surface area (Å²) in [5, 5.41) is 8.74. The Kier molecular flexibility index (Phi) is 9.35. The van der Waals surface area contributed by atoms with Crippen LogP contribution in [0.25, 0.3) is 0 Å². The first-order chi connectivity index (χ1) is 13.3. The molecular weight excluding hydrogens is 388 g/mol. The Bertz CT molecular complexity index is 869. The van der Waals surface area contributed by atoms with Crippen molar-refractivity contribution in [2.45, 2.75) is 34.6 Å². The monoisotopic (exact) mass is 416 g/mol. The van der Waals surface area contributed by atoms with Gasteiger partial charge in [-0.3, -0.25) is 14.6 Å². The summed E-state index contributed by atoms with van der Waals surface area (Å²) in [7, 11) is 0. The van der Waals surface area contributed by atoms with Gasteiger partial charge in [0, 0.05) is 11.4 Å². The number of halogens is 1. The lowest BCUT2D eigenvalue weighted by Gasteiger charge is -2.12. The van der Waals surface area contributed by atoms with Crippen LogP contribution >= 0.6 is 12.4 Å². The molecule has 0 heterocycles. The summed E-state index contributed by atoms with van der Waals surface area (Å²) in [6, 6.07) is 11.7. The zero-order chi connectivity index (χ0) is 20.7. The molecule has 0 spiro atoms. The lowest BCUT2D eigenvalue weighted by atomic mass is 10.1. The maximum Gasteiger partial charge on any atom is 0.246 e. The highest BCUT2D eigenvalue weighted by Gasteiger charge is 2.09. The molecule has 2 amide bonds. The standard InChI is InChI=1S/C22H28N4O2.ClH/c1-14-8-6-9-15(2)21(14)25-19(27)12-23-18(5)24-13-20(28)26-22-16(3)10-7-11-17(22)4;/h6-11H,12-13H2,1-5H3,(H,23,24)(H,25,27)(H,26,28);1H. The summed E-state index contributed by atoms with van der Waals surface area (Å²) in [6.45, 7) is 9.63. The average molecular weight is 417 g/mol. The molecule has 2 aromatic carbocycles. The summed E-state index contributed by atoms with van der Waals surface area (Å²) in [4.78, 5) is 28.5. The van der Waals surface area contributed by atoms with E-state index in [-0.39, 0.29) is 37.3 Å². The van der Waals surface area contributed by atoms with Gasteiger partial charge in [-0.05, 0) is 56.9 Å². The van der Waals surface area contributed by atoms with Gasteiger partial charge in [0.05, 0.1) is 12.4 Å². The lowest BCUT2D eigenvalue weighted by Crippen LogP contribution is -2.32. The molecule has 0 aliphatic carbocycles. The summed E-state index contributed by atoms with van der Waals surface area (Å²) < 4.78 is 0. The molecule has 29 heavy (non-hydrogen) atoms. The quantitative estimate of drug-likeness (QED) is 0.493. The molecule has 0 saturated heterocycles. The predicted molar refractivity (Wildman–Crippen MR) is 122 cm³/mol. The molecule has 156 valence electrons. The number of carbonyl (C=O) groups is 2. The minimum absolute atomic E-state index is 0. The van der Waals surface area contributed by atoms with Crippen LogP contribution < -0.4 is 16.0 Å². The highest BCUT2D eigenvalue weighted by Crippen LogP contribution is 2.19. The number of carbonyl (C=O) groups excluding carboxylic acids is 2. The van der Waals surface area contributed by atoms with Crippen LogP contribution in [0.4, 0.5) is 11.4 Å². The van der Waals surface area contributed by atoms with Crippen LogP contribution in [-0.2, 0) is 9.59 Å². The number of aliphatic imine (C=N–C) groups is 1. The maximum atomic E-state index is 12.2. The number of hydrogen-bond acceptors (Lipinski definition) is 3. The Morgan fingerprint density at radius 2 is 1.21 bits per heavy atom. The van der Waals surface area contributed by atoms with E-state index in [1.54, 1.807) is 6.92 Å². The molecular formula is C22H29ClN4O2. The van der Waals surface area contributed by atoms with Crippen molar-refractivity contribution >= 4 is 41.4 Å². The van der Waals surface area contributed by atoms with Crippen LogP contribution in [0.15, 0.2) is 41.4 Å². The van der Waals surface area contributed by atoms with E-state index in [1.165, 1.54) is 0 Å². The molecule has 7 heteroatoms. The number of benzene rings is 2. The fourth-order valence-electron chi connectivity index (χ4n) is 2.84. The van der Waals surface area contributed by atoms with E-state index in [9.17, 15) is 9.59 Å². The molecule has 0 bridgehead atoms. The third kappa shape index (κ3) is 7.23. The molecule has 0 fully saturated rings. The second-order valence-electron chi connectivity index (χ2n) is 6.89. The van der Waals surface area contributed by atoms with Crippen LogP contribution in [-0.4, -0.2) is 30.7 Å². The van der Waals surface area contributed by atoms with E-state index in [0.717, 1.165) is 33.6 Å². The highest BCUT2D eigenvalue weighted by atomic mass is 35.5. The number of amidine groups is 1. The average Bonchev–Trinajstić information content (AvgIpc) is 2.64. The molecule has 3 N–H and O–H groups in total. The van der Waals surface area contributed by atoms with Gasteiger partial charge in [0.2, 0.25) is 11.8 Å². The van der Waals surface area contributed by atoms with Gasteiger partial charge in [-0.15, -0.1) is 12.4 Å². The Labute approximate surface area is 178 Å². The van der Waals surface area contributed by atoms with Gasteiger partial charge in [0.1, 0.15) is 6.54 Å². The van der Waals surface area contributed by atoms with Crippen LogP contribution in [0.3, 0.4) is 0 Å². The molecule has 0 radical (unpaired) electrons. The number of aryl methyl sites for hydroxylation is 4. The van der Waals surface area contributed by atoms with Gasteiger partial charge in [-0.1, -0.05) is 36.4 Å². The van der Waals surface area contributed by atoms with Crippen molar-refractivity contribution in [1.29, 1.82) is 0 Å². The number of nitrogens with one attached hydrogen (secondary N) is 3. The van der Waals surface area contributed by atoms with Crippen LogP contribution in [0, 0.1) is 27.7 Å². The topological polar surface area (TPSA) is 82.6 Å². The van der Waals surface area contributed by atoms with Crippen LogP contribution in [0.5, 0.6) is 0 Å². The largest absolute Gasteiger partial charge is 0.365 e. The van der Waals surface area contributed by atoms with Crippen molar-refractivity contribution in [3.8, 4) is 0 Å². The second kappa shape index (κ2) is 11.2. The highest BCUT2D eigenvalue weighted by molar-refractivity contribution is 5.97. The summed E-state index contributed by atoms with van der Waals surface area (Å²) in [6.07, 6.45) is 0. The molecule has 0 aliphatic heterocycles. The zero-order valence-corrected chi connectivity index (χ0v) is 18.4. The summed E-state index contributed by atoms with van der Waals surface area (Å²) in [5.41, 5.74) is 5.70. The molecule has 0 aliphatic rings. The molecule has 0 aromatic heterocycles. The minimum Gasteiger partial charge on any atom is -0.365 e. The number of amides is 2. The van der Waals surface area contributed by atoms with E-state index in [2.05, 4.69) is 20.9 Å². The number of nitrogens with zero attached hydrogens (tertiary/aromatic N) is 1. The molecule has 0 saturated carbocycles. The van der Waals surface area contributed by atoms with Gasteiger partial charge in [0.25, 0.3) is 0 Å². The van der Waals surface area contributed by atoms with Crippen molar-refractivity contribution < 1.29 is 9.59 Å². The van der Waals surface area contributed by atoms with Gasteiger partial charge in [0.15, 0.2) is 0 Å². The molecule has 6 nitrogen and oxygen atoms in total. The second-order valence-corrected chi connectivity index (χ2v) is 6.89. The predicted octanol–water partition coefficient (Wildman–Crippen LogP) is 3.93. The van der Waals surface area contributed by atoms with E-state index < -0.39 is 0 Å². The molecule has 2 aromatic rings. The fourth-order valence-corrected chi connectivity index (χ4v) is 2.84. The van der Waals surface area contributed by atoms with Crippen LogP contribution in [0.2, 0.25) is 0 Å². The van der Waals surface area contributed by atoms with Crippen molar-refractivity contribution in [2.24, 2.45) is 4.99 Å². The zero-order valence-electron chi connectivity index (χ0n) is 17.6. The molecule has 2 rings (SSSR count). The van der Waals surface area contributed by atoms with Gasteiger partial charge >= 0.3 is 0 Å². The number of hydrogen-bond donors (Lipinski definition) is 3. The minimum atomic E-state index is -0.196. The van der Waals surface area contributed by atoms with Crippen molar-refractivity contribution in [1.82, 2.24) is 5.32 Å². The fraction of sp³-hybridized carbons (Fsp3) is 0.318. The van der Waals surface area contributed by atoms with Gasteiger partial charge < -0.3 is 16.0 Å². The first-order valence-electron chi connectivity index (χ1n) is 9.25. The van der Waals surface area contributed by atoms with E-state index in [0.29, 0.717) is 5.84 Å². The molecule has 0 atom stereocenters. The Morgan fingerprint density at radius 3 is 1.66 bits per heavy atom. The SMILES string of the molecule is CC(=NCC(=O)Nc1c(C)cccc1C)NCC(=O)Nc1c(C)cccc1C.Cl. The van der Waals surface area contributed by atoms with Gasteiger partial charge in [-0.2, -0.15) is 0 Å². The van der Waals surface area contributed by atoms with Crippen molar-refractivity contribution in [2.75, 3.05) is 23.7 Å².